The van der Waals surface area contributed by atoms with E-state index in [1.165, 1.54) is 11.6 Å². The van der Waals surface area contributed by atoms with Gasteiger partial charge in [0.25, 0.3) is 0 Å². The zero-order chi connectivity index (χ0) is 12.5. The molecule has 0 radical (unpaired) electrons. The molecule has 3 heteroatoms. The summed E-state index contributed by atoms with van der Waals surface area (Å²) in [5, 5.41) is 0. The van der Waals surface area contributed by atoms with Crippen LogP contribution in [0.25, 0.3) is 0 Å². The molecule has 0 saturated carbocycles. The molecule has 0 unspecified atom stereocenters. The Bertz CT molecular complexity index is 366. The third-order valence-corrected chi connectivity index (χ3v) is 2.22. The fraction of sp³-hybridized carbons (Fsp3) is 0.357. The van der Waals surface area contributed by atoms with Crippen molar-refractivity contribution < 1.29 is 14.3 Å². The monoisotopic (exact) mass is 234 g/mol. The van der Waals surface area contributed by atoms with Gasteiger partial charge in [-0.15, -0.1) is 0 Å². The van der Waals surface area contributed by atoms with E-state index >= 15 is 0 Å². The molecule has 0 N–H and O–H groups in total. The number of ether oxygens (including phenoxy) is 2. The number of aryl methyl sites for hydroxylation is 1. The van der Waals surface area contributed by atoms with E-state index in [1.807, 2.05) is 24.3 Å². The second kappa shape index (κ2) is 7.49. The highest BCUT2D eigenvalue weighted by atomic mass is 16.5. The Morgan fingerprint density at radius 3 is 2.53 bits per heavy atom. The highest BCUT2D eigenvalue weighted by Gasteiger charge is 1.94. The Labute approximate surface area is 102 Å². The van der Waals surface area contributed by atoms with Gasteiger partial charge in [0, 0.05) is 6.08 Å². The van der Waals surface area contributed by atoms with Crippen molar-refractivity contribution in [2.75, 3.05) is 13.2 Å². The molecule has 0 spiro atoms. The molecule has 1 aromatic carbocycles. The second-order valence-corrected chi connectivity index (χ2v) is 3.46. The Kier molecular flexibility index (Phi) is 5.86. The average Bonchev–Trinajstić information content (AvgIpc) is 2.36. The number of benzene rings is 1. The number of hydrogen-bond donors (Lipinski definition) is 0. The van der Waals surface area contributed by atoms with Crippen LogP contribution < -0.4 is 4.74 Å². The van der Waals surface area contributed by atoms with Crippen molar-refractivity contribution in [2.45, 2.75) is 20.3 Å². The van der Waals surface area contributed by atoms with E-state index in [0.29, 0.717) is 13.2 Å². The molecule has 0 fully saturated rings. The van der Waals surface area contributed by atoms with Gasteiger partial charge in [0.1, 0.15) is 12.4 Å². The molecule has 1 aromatic rings. The zero-order valence-electron chi connectivity index (χ0n) is 10.3. The topological polar surface area (TPSA) is 35.5 Å². The number of esters is 1. The van der Waals surface area contributed by atoms with Crippen LogP contribution in [0.1, 0.15) is 19.4 Å². The fourth-order valence-corrected chi connectivity index (χ4v) is 1.30. The van der Waals surface area contributed by atoms with Crippen molar-refractivity contribution >= 4 is 5.97 Å². The largest absolute Gasteiger partial charge is 0.490 e. The minimum absolute atomic E-state index is 0.336. The minimum Gasteiger partial charge on any atom is -0.490 e. The van der Waals surface area contributed by atoms with Gasteiger partial charge < -0.3 is 9.47 Å². The summed E-state index contributed by atoms with van der Waals surface area (Å²) in [6.07, 6.45) is 4.04. The van der Waals surface area contributed by atoms with Crippen LogP contribution in [0.15, 0.2) is 36.4 Å². The molecule has 0 heterocycles. The van der Waals surface area contributed by atoms with Crippen LogP contribution in [0.3, 0.4) is 0 Å². The number of carbonyl (C=O) groups excluding carboxylic acids is 1. The predicted octanol–water partition coefficient (Wildman–Crippen LogP) is 2.75. The van der Waals surface area contributed by atoms with E-state index in [0.717, 1.165) is 12.2 Å². The average molecular weight is 234 g/mol. The molecular weight excluding hydrogens is 216 g/mol. The summed E-state index contributed by atoms with van der Waals surface area (Å²) in [6.45, 7) is 4.64. The van der Waals surface area contributed by atoms with Gasteiger partial charge in [-0.25, -0.2) is 4.79 Å². The molecule has 1 rings (SSSR count). The first-order valence-corrected chi connectivity index (χ1v) is 5.81. The first kappa shape index (κ1) is 13.3. The molecule has 0 aromatic heterocycles. The molecule has 0 aliphatic rings. The van der Waals surface area contributed by atoms with Gasteiger partial charge in [0.15, 0.2) is 0 Å². The van der Waals surface area contributed by atoms with Crippen LogP contribution in [-0.4, -0.2) is 19.2 Å². The lowest BCUT2D eigenvalue weighted by atomic mass is 10.2. The second-order valence-electron chi connectivity index (χ2n) is 3.46. The van der Waals surface area contributed by atoms with E-state index in [-0.39, 0.29) is 5.97 Å². The maximum Gasteiger partial charge on any atom is 0.330 e. The highest BCUT2D eigenvalue weighted by molar-refractivity contribution is 5.81. The molecule has 92 valence electrons. The van der Waals surface area contributed by atoms with Crippen molar-refractivity contribution in [3.8, 4) is 5.75 Å². The van der Waals surface area contributed by atoms with Gasteiger partial charge in [0.05, 0.1) is 6.61 Å². The Balaban J connectivity index is 2.32. The molecule has 0 atom stereocenters. The predicted molar refractivity (Wildman–Crippen MR) is 67.1 cm³/mol. The first-order valence-electron chi connectivity index (χ1n) is 5.81. The van der Waals surface area contributed by atoms with E-state index in [9.17, 15) is 4.79 Å². The normalized spacial score (nSPS) is 10.5. The minimum atomic E-state index is -0.336. The lowest BCUT2D eigenvalue weighted by Gasteiger charge is -2.03. The molecular formula is C14H18O3. The summed E-state index contributed by atoms with van der Waals surface area (Å²) in [5.41, 5.74) is 1.28. The third kappa shape index (κ3) is 5.20. The Morgan fingerprint density at radius 2 is 1.94 bits per heavy atom. The SMILES string of the molecule is CCOC(=O)/C=C/COc1ccc(CC)cc1. The van der Waals surface area contributed by atoms with E-state index < -0.39 is 0 Å². The molecule has 0 bridgehead atoms. The van der Waals surface area contributed by atoms with Crippen LogP contribution in [0, 0.1) is 0 Å². The van der Waals surface area contributed by atoms with Gasteiger partial charge in [0.2, 0.25) is 0 Å². The fourth-order valence-electron chi connectivity index (χ4n) is 1.30. The van der Waals surface area contributed by atoms with Crippen LogP contribution in [0.2, 0.25) is 0 Å². The van der Waals surface area contributed by atoms with Gasteiger partial charge in [-0.05, 0) is 37.1 Å². The number of carbonyl (C=O) groups is 1. The summed E-state index contributed by atoms with van der Waals surface area (Å²) in [7, 11) is 0. The number of hydrogen-bond acceptors (Lipinski definition) is 3. The van der Waals surface area contributed by atoms with Gasteiger partial charge in [-0.3, -0.25) is 0 Å². The van der Waals surface area contributed by atoms with E-state index in [1.54, 1.807) is 13.0 Å². The van der Waals surface area contributed by atoms with E-state index in [2.05, 4.69) is 6.92 Å². The lowest BCUT2D eigenvalue weighted by molar-refractivity contribution is -0.137. The molecule has 0 aliphatic heterocycles. The molecule has 3 nitrogen and oxygen atoms in total. The standard InChI is InChI=1S/C14H18O3/c1-3-12-7-9-13(10-8-12)17-11-5-6-14(15)16-4-2/h5-10H,3-4,11H2,1-2H3/b6-5+. The van der Waals surface area contributed by atoms with Crippen molar-refractivity contribution in [3.63, 3.8) is 0 Å². The van der Waals surface area contributed by atoms with Crippen molar-refractivity contribution in [2.24, 2.45) is 0 Å². The van der Waals surface area contributed by atoms with Crippen molar-refractivity contribution in [1.29, 1.82) is 0 Å². The molecule has 0 saturated heterocycles. The van der Waals surface area contributed by atoms with Crippen LogP contribution >= 0.6 is 0 Å². The summed E-state index contributed by atoms with van der Waals surface area (Å²) in [5.74, 6) is 0.466. The van der Waals surface area contributed by atoms with Crippen LogP contribution in [0.4, 0.5) is 0 Å². The van der Waals surface area contributed by atoms with Crippen LogP contribution in [-0.2, 0) is 16.0 Å². The van der Waals surface area contributed by atoms with Crippen molar-refractivity contribution in [1.82, 2.24) is 0 Å². The van der Waals surface area contributed by atoms with Gasteiger partial charge >= 0.3 is 5.97 Å². The smallest absolute Gasteiger partial charge is 0.330 e. The number of rotatable bonds is 6. The zero-order valence-corrected chi connectivity index (χ0v) is 10.3. The quantitative estimate of drug-likeness (QED) is 0.561. The maximum atomic E-state index is 11.0. The first-order chi connectivity index (χ1) is 8.26. The summed E-state index contributed by atoms with van der Waals surface area (Å²) < 4.78 is 10.2. The highest BCUT2D eigenvalue weighted by Crippen LogP contribution is 2.12. The van der Waals surface area contributed by atoms with Gasteiger partial charge in [-0.1, -0.05) is 19.1 Å². The third-order valence-electron chi connectivity index (χ3n) is 2.22. The van der Waals surface area contributed by atoms with Gasteiger partial charge in [-0.2, -0.15) is 0 Å². The molecule has 0 amide bonds. The summed E-state index contributed by atoms with van der Waals surface area (Å²) in [6, 6.07) is 7.92. The molecule has 17 heavy (non-hydrogen) atoms. The lowest BCUT2D eigenvalue weighted by Crippen LogP contribution is -2.00. The Morgan fingerprint density at radius 1 is 1.24 bits per heavy atom. The summed E-state index contributed by atoms with van der Waals surface area (Å²) >= 11 is 0. The van der Waals surface area contributed by atoms with Crippen LogP contribution in [0.5, 0.6) is 5.75 Å². The molecule has 0 aliphatic carbocycles. The van der Waals surface area contributed by atoms with E-state index in [4.69, 9.17) is 9.47 Å². The summed E-state index contributed by atoms with van der Waals surface area (Å²) in [4.78, 5) is 11.0. The Hall–Kier alpha value is -1.77. The maximum absolute atomic E-state index is 11.0. The van der Waals surface area contributed by atoms with Crippen molar-refractivity contribution in [3.05, 3.63) is 42.0 Å².